The van der Waals surface area contributed by atoms with Crippen molar-refractivity contribution in [2.45, 2.75) is 57.7 Å². The number of pyridine rings is 1. The van der Waals surface area contributed by atoms with Gasteiger partial charge in [-0.25, -0.2) is 4.24 Å². The number of alkyl halides is 3. The zero-order valence-electron chi connectivity index (χ0n) is 22.6. The molecule has 1 atom stereocenters. The second-order valence-corrected chi connectivity index (χ2v) is 11.2. The molecule has 5 rings (SSSR count). The molecule has 1 aromatic carbocycles. The van der Waals surface area contributed by atoms with E-state index in [-0.39, 0.29) is 23.4 Å². The van der Waals surface area contributed by atoms with Gasteiger partial charge in [0.2, 0.25) is 5.91 Å². The predicted molar refractivity (Wildman–Crippen MR) is 140 cm³/mol. The van der Waals surface area contributed by atoms with E-state index in [1.54, 1.807) is 19.3 Å². The van der Waals surface area contributed by atoms with Crippen LogP contribution < -0.4 is 9.73 Å². The molecule has 4 heterocycles. The van der Waals surface area contributed by atoms with Gasteiger partial charge in [-0.3, -0.25) is 4.79 Å². The molecule has 2 aliphatic heterocycles. The third-order valence-corrected chi connectivity index (χ3v) is 7.57. The number of benzene rings is 1. The molecule has 0 radical (unpaired) electrons. The summed E-state index contributed by atoms with van der Waals surface area (Å²) in [5, 5.41) is 1.04. The van der Waals surface area contributed by atoms with Crippen LogP contribution in [-0.4, -0.2) is 60.5 Å². The molecular formula is C29H35F3N5O+. The number of carbonyl (C=O) groups is 1. The molecule has 9 heteroatoms. The highest BCUT2D eigenvalue weighted by molar-refractivity contribution is 5.92. The van der Waals surface area contributed by atoms with Crippen LogP contribution in [0, 0.1) is 6.21 Å². The Morgan fingerprint density at radius 2 is 1.92 bits per heavy atom. The van der Waals surface area contributed by atoms with E-state index in [0.717, 1.165) is 42.4 Å². The van der Waals surface area contributed by atoms with Crippen molar-refractivity contribution >= 4 is 16.8 Å². The first-order valence-corrected chi connectivity index (χ1v) is 13.2. The highest BCUT2D eigenvalue weighted by Crippen LogP contribution is 2.39. The van der Waals surface area contributed by atoms with E-state index in [1.165, 1.54) is 15.9 Å². The maximum atomic E-state index is 14.0. The van der Waals surface area contributed by atoms with Crippen LogP contribution in [0.1, 0.15) is 62.1 Å². The summed E-state index contributed by atoms with van der Waals surface area (Å²) < 4.78 is 43.5. The van der Waals surface area contributed by atoms with Gasteiger partial charge in [0.1, 0.15) is 18.0 Å². The van der Waals surface area contributed by atoms with E-state index in [1.807, 2.05) is 30.0 Å². The average molecular weight is 527 g/mol. The zero-order valence-corrected chi connectivity index (χ0v) is 22.6. The fraction of sp³-hybridized carbons (Fsp3) is 0.483. The highest BCUT2D eigenvalue weighted by atomic mass is 19.4. The molecule has 0 aliphatic carbocycles. The predicted octanol–water partition coefficient (Wildman–Crippen LogP) is 4.56. The summed E-state index contributed by atoms with van der Waals surface area (Å²) in [4.78, 5) is 23.9. The minimum absolute atomic E-state index is 0.0475. The zero-order chi connectivity index (χ0) is 27.4. The van der Waals surface area contributed by atoms with E-state index >= 15 is 0 Å². The number of hydrogen-bond donors (Lipinski definition) is 1. The summed E-state index contributed by atoms with van der Waals surface area (Å²) in [5.74, 6) is 0.595. The first-order valence-electron chi connectivity index (χ1n) is 13.2. The van der Waals surface area contributed by atoms with Gasteiger partial charge in [0.05, 0.1) is 12.2 Å². The number of H-pyrrole nitrogens is 1. The normalized spacial score (nSPS) is 18.3. The fourth-order valence-electron chi connectivity index (χ4n) is 5.81. The van der Waals surface area contributed by atoms with Crippen LogP contribution in [0.3, 0.4) is 0 Å². The highest BCUT2D eigenvalue weighted by Gasteiger charge is 2.38. The van der Waals surface area contributed by atoms with Crippen molar-refractivity contribution in [2.24, 2.45) is 4.99 Å². The molecule has 1 N–H and O–H groups in total. The van der Waals surface area contributed by atoms with E-state index in [0.29, 0.717) is 23.7 Å². The molecule has 0 saturated carbocycles. The number of halogens is 3. The van der Waals surface area contributed by atoms with Gasteiger partial charge in [-0.05, 0) is 75.0 Å². The number of amides is 1. The van der Waals surface area contributed by atoms with Crippen molar-refractivity contribution in [1.29, 1.82) is 0 Å². The van der Waals surface area contributed by atoms with E-state index in [9.17, 15) is 18.0 Å². The smallest absolute Gasteiger partial charge is 0.354 e. The molecular weight excluding hydrogens is 491 g/mol. The SMILES string of the molecule is CC1C=[n+]2cc(-c3[nH]c4ccc(C5CCN(C(=O)CN(C)C)CC5)cc4c3C(C)C)cc(C(F)(F)F)c2=N1. The quantitative estimate of drug-likeness (QED) is 0.496. The number of piperidine rings is 1. The maximum absolute atomic E-state index is 14.0. The minimum Gasteiger partial charge on any atom is -0.354 e. The van der Waals surface area contributed by atoms with Crippen LogP contribution in [0.25, 0.3) is 22.2 Å². The van der Waals surface area contributed by atoms with Gasteiger partial charge in [0.15, 0.2) is 6.04 Å². The molecule has 2 aliphatic rings. The molecule has 3 aromatic rings. The molecule has 1 unspecified atom stereocenters. The van der Waals surface area contributed by atoms with E-state index < -0.39 is 11.7 Å². The number of fused-ring (bicyclic) bond motifs is 2. The van der Waals surface area contributed by atoms with Gasteiger partial charge in [0.25, 0.3) is 0 Å². The van der Waals surface area contributed by atoms with Gasteiger partial charge >= 0.3 is 11.7 Å². The molecule has 2 aromatic heterocycles. The van der Waals surface area contributed by atoms with Crippen molar-refractivity contribution < 1.29 is 22.2 Å². The maximum Gasteiger partial charge on any atom is 0.424 e. The number of nitrogens with one attached hydrogen (secondary N) is 1. The van der Waals surface area contributed by atoms with Crippen LogP contribution in [0.5, 0.6) is 0 Å². The van der Waals surface area contributed by atoms with Gasteiger partial charge in [-0.1, -0.05) is 24.9 Å². The Hall–Kier alpha value is -3.20. The third kappa shape index (κ3) is 4.96. The summed E-state index contributed by atoms with van der Waals surface area (Å²) in [5.41, 5.74) is 3.57. The summed E-state index contributed by atoms with van der Waals surface area (Å²) in [7, 11) is 3.80. The Labute approximate surface area is 220 Å². The second kappa shape index (κ2) is 9.84. The van der Waals surface area contributed by atoms with Crippen molar-refractivity contribution in [3.8, 4) is 11.3 Å². The van der Waals surface area contributed by atoms with Crippen LogP contribution in [-0.2, 0) is 11.0 Å². The lowest BCUT2D eigenvalue weighted by atomic mass is 9.87. The van der Waals surface area contributed by atoms with Crippen molar-refractivity contribution in [2.75, 3.05) is 33.7 Å². The Kier molecular flexibility index (Phi) is 6.84. The lowest BCUT2D eigenvalue weighted by Gasteiger charge is -2.33. The summed E-state index contributed by atoms with van der Waals surface area (Å²) in [6.45, 7) is 7.81. The van der Waals surface area contributed by atoms with Gasteiger partial charge < -0.3 is 14.8 Å². The molecule has 1 fully saturated rings. The Morgan fingerprint density at radius 1 is 1.21 bits per heavy atom. The van der Waals surface area contributed by atoms with Gasteiger partial charge in [-0.15, -0.1) is 0 Å². The van der Waals surface area contributed by atoms with Crippen molar-refractivity contribution in [3.63, 3.8) is 0 Å². The van der Waals surface area contributed by atoms with Crippen LogP contribution in [0.4, 0.5) is 13.2 Å². The average Bonchev–Trinajstić information content (AvgIpc) is 3.41. The van der Waals surface area contributed by atoms with Crippen LogP contribution >= 0.6 is 0 Å². The Morgan fingerprint density at radius 3 is 2.55 bits per heavy atom. The van der Waals surface area contributed by atoms with Gasteiger partial charge in [0, 0.05) is 29.6 Å². The lowest BCUT2D eigenvalue weighted by Crippen LogP contribution is -2.42. The molecule has 1 saturated heterocycles. The fourth-order valence-corrected chi connectivity index (χ4v) is 5.81. The molecule has 1 amide bonds. The Bertz CT molecular complexity index is 1500. The first kappa shape index (κ1) is 26.4. The monoisotopic (exact) mass is 526 g/mol. The van der Waals surface area contributed by atoms with Crippen molar-refractivity contribution in [1.82, 2.24) is 14.8 Å². The standard InChI is InChI=1S/C29H35F3N5O/c1-17(2)26-22-12-20(19-8-10-36(11-9-19)25(38)16-35(4)5)6-7-24(22)34-27(26)21-13-23(29(30,31)32)28-33-18(3)14-37(28)15-21/h6-7,12-15,17-19,34H,8-11,16H2,1-5H3/q+1. The van der Waals surface area contributed by atoms with E-state index in [4.69, 9.17) is 0 Å². The minimum atomic E-state index is -4.51. The second-order valence-electron chi connectivity index (χ2n) is 11.2. The molecule has 0 spiro atoms. The largest absolute Gasteiger partial charge is 0.424 e. The summed E-state index contributed by atoms with van der Waals surface area (Å²) in [6.07, 6.45) is 0.739. The number of hydrogen-bond acceptors (Lipinski definition) is 3. The number of nitrogens with zero attached hydrogens (tertiary/aromatic N) is 4. The molecule has 202 valence electrons. The summed E-state index contributed by atoms with van der Waals surface area (Å²) >= 11 is 0. The number of rotatable bonds is 5. The van der Waals surface area contributed by atoms with Gasteiger partial charge in [-0.2, -0.15) is 13.2 Å². The van der Waals surface area contributed by atoms with Crippen LogP contribution in [0.2, 0.25) is 0 Å². The summed E-state index contributed by atoms with van der Waals surface area (Å²) in [6, 6.07) is 7.26. The number of aromatic nitrogens is 2. The first-order chi connectivity index (χ1) is 17.9. The number of carbonyl (C=O) groups excluding carboxylic acids is 1. The van der Waals surface area contributed by atoms with E-state index in [2.05, 4.69) is 36.0 Å². The van der Waals surface area contributed by atoms with Crippen LogP contribution in [0.15, 0.2) is 35.5 Å². The third-order valence-electron chi connectivity index (χ3n) is 7.57. The van der Waals surface area contributed by atoms with Crippen molar-refractivity contribution in [3.05, 3.63) is 58.9 Å². The molecule has 0 bridgehead atoms. The number of likely N-dealkylation sites (tertiary alicyclic amines) is 1. The molecule has 6 nitrogen and oxygen atoms in total. The topological polar surface area (TPSA) is 57.6 Å². The Balaban J connectivity index is 1.52. The number of aromatic amines is 1. The number of likely N-dealkylation sites (N-methyl/N-ethyl adjacent to an activating group) is 1. The lowest BCUT2D eigenvalue weighted by molar-refractivity contribution is -0.524. The molecule has 38 heavy (non-hydrogen) atoms.